The SMILES string of the molecule is NC(=O)N(O)C/C=C/c1ccc2c(=O)n(CCCc3ccccc3)ccc2c1. The predicted molar refractivity (Wildman–Crippen MR) is 110 cm³/mol. The summed E-state index contributed by atoms with van der Waals surface area (Å²) in [5, 5.41) is 11.2. The number of aryl methyl sites for hydroxylation is 2. The fourth-order valence-electron chi connectivity index (χ4n) is 3.06. The van der Waals surface area contributed by atoms with E-state index < -0.39 is 6.03 Å². The molecule has 3 rings (SSSR count). The van der Waals surface area contributed by atoms with Gasteiger partial charge in [-0.05, 0) is 47.6 Å². The first-order chi connectivity index (χ1) is 13.5. The van der Waals surface area contributed by atoms with Gasteiger partial charge in [0, 0.05) is 18.1 Å². The van der Waals surface area contributed by atoms with E-state index in [1.807, 2.05) is 42.6 Å². The lowest BCUT2D eigenvalue weighted by atomic mass is 10.1. The van der Waals surface area contributed by atoms with Crippen molar-refractivity contribution in [2.24, 2.45) is 5.73 Å². The van der Waals surface area contributed by atoms with Crippen molar-refractivity contribution in [1.29, 1.82) is 0 Å². The van der Waals surface area contributed by atoms with Gasteiger partial charge in [-0.2, -0.15) is 0 Å². The molecule has 0 atom stereocenters. The maximum atomic E-state index is 12.7. The summed E-state index contributed by atoms with van der Waals surface area (Å²) in [5.41, 5.74) is 7.09. The Balaban J connectivity index is 1.69. The zero-order valence-electron chi connectivity index (χ0n) is 15.5. The van der Waals surface area contributed by atoms with Gasteiger partial charge in [-0.25, -0.2) is 9.86 Å². The summed E-state index contributed by atoms with van der Waals surface area (Å²) in [5.74, 6) is 0. The highest BCUT2D eigenvalue weighted by molar-refractivity contribution is 5.83. The zero-order chi connectivity index (χ0) is 19.9. The standard InChI is InChI=1S/C22H23N3O3/c23-22(27)25(28)14-5-9-18-10-11-20-19(16-18)12-15-24(21(20)26)13-4-8-17-6-2-1-3-7-17/h1-3,5-7,9-12,15-16,28H,4,8,13-14H2,(H2,23,27)/b9-5+. The second-order valence-electron chi connectivity index (χ2n) is 6.57. The number of carbonyl (C=O) groups excluding carboxylic acids is 1. The molecular formula is C22H23N3O3. The average Bonchev–Trinajstić information content (AvgIpc) is 2.70. The Morgan fingerprint density at radius 3 is 2.68 bits per heavy atom. The van der Waals surface area contributed by atoms with E-state index in [-0.39, 0.29) is 12.1 Å². The molecule has 0 spiro atoms. The van der Waals surface area contributed by atoms with Crippen LogP contribution in [0.4, 0.5) is 4.79 Å². The van der Waals surface area contributed by atoms with Gasteiger partial charge in [-0.3, -0.25) is 10.0 Å². The molecule has 6 heteroatoms. The molecule has 0 aliphatic heterocycles. The molecule has 0 aliphatic carbocycles. The third-order valence-electron chi connectivity index (χ3n) is 4.55. The number of urea groups is 1. The van der Waals surface area contributed by atoms with Crippen LogP contribution in [-0.2, 0) is 13.0 Å². The highest BCUT2D eigenvalue weighted by Gasteiger charge is 2.04. The molecule has 2 amide bonds. The summed E-state index contributed by atoms with van der Waals surface area (Å²) in [6, 6.07) is 16.8. The lowest BCUT2D eigenvalue weighted by Crippen LogP contribution is -2.32. The van der Waals surface area contributed by atoms with Crippen molar-refractivity contribution in [2.75, 3.05) is 6.54 Å². The molecule has 6 nitrogen and oxygen atoms in total. The van der Waals surface area contributed by atoms with E-state index in [2.05, 4.69) is 12.1 Å². The van der Waals surface area contributed by atoms with Gasteiger partial charge in [0.1, 0.15) is 0 Å². The smallest absolute Gasteiger partial charge is 0.338 e. The van der Waals surface area contributed by atoms with Gasteiger partial charge >= 0.3 is 6.03 Å². The number of nitrogens with two attached hydrogens (primary N) is 1. The van der Waals surface area contributed by atoms with Crippen molar-refractivity contribution in [3.8, 4) is 0 Å². The molecule has 1 heterocycles. The van der Waals surface area contributed by atoms with E-state index in [9.17, 15) is 14.8 Å². The average molecular weight is 377 g/mol. The van der Waals surface area contributed by atoms with Gasteiger partial charge in [0.15, 0.2) is 0 Å². The molecule has 3 N–H and O–H groups in total. The number of hydroxylamine groups is 2. The molecule has 0 fully saturated rings. The van der Waals surface area contributed by atoms with Gasteiger partial charge in [0.05, 0.1) is 6.54 Å². The summed E-state index contributed by atoms with van der Waals surface area (Å²) in [6.07, 6.45) is 7.04. The molecule has 0 saturated carbocycles. The second kappa shape index (κ2) is 9.01. The molecule has 0 saturated heterocycles. The van der Waals surface area contributed by atoms with E-state index in [4.69, 9.17) is 5.73 Å². The van der Waals surface area contributed by atoms with Gasteiger partial charge in [-0.15, -0.1) is 0 Å². The van der Waals surface area contributed by atoms with E-state index in [0.29, 0.717) is 17.0 Å². The van der Waals surface area contributed by atoms with Gasteiger partial charge in [-0.1, -0.05) is 48.6 Å². The number of fused-ring (bicyclic) bond motifs is 1. The minimum absolute atomic E-state index is 0.00338. The molecule has 0 bridgehead atoms. The lowest BCUT2D eigenvalue weighted by molar-refractivity contribution is -0.0286. The Bertz CT molecular complexity index is 1040. The lowest BCUT2D eigenvalue weighted by Gasteiger charge is -2.09. The summed E-state index contributed by atoms with van der Waals surface area (Å²) in [6.45, 7) is 0.668. The molecule has 0 unspecified atom stereocenters. The van der Waals surface area contributed by atoms with Crippen molar-refractivity contribution in [3.05, 3.63) is 88.4 Å². The molecule has 3 aromatic rings. The van der Waals surface area contributed by atoms with Crippen LogP contribution in [0.15, 0.2) is 71.7 Å². The summed E-state index contributed by atoms with van der Waals surface area (Å²) < 4.78 is 1.75. The molecule has 1 aromatic heterocycles. The number of hydrogen-bond donors (Lipinski definition) is 2. The van der Waals surface area contributed by atoms with E-state index in [1.54, 1.807) is 22.8 Å². The van der Waals surface area contributed by atoms with E-state index >= 15 is 0 Å². The fourth-order valence-corrected chi connectivity index (χ4v) is 3.06. The van der Waals surface area contributed by atoms with Crippen molar-refractivity contribution in [3.63, 3.8) is 0 Å². The highest BCUT2D eigenvalue weighted by Crippen LogP contribution is 2.14. The third kappa shape index (κ3) is 4.86. The van der Waals surface area contributed by atoms with Crippen molar-refractivity contribution in [1.82, 2.24) is 9.63 Å². The number of pyridine rings is 1. The fraction of sp³-hybridized carbons (Fsp3) is 0.182. The quantitative estimate of drug-likeness (QED) is 0.488. The Hall–Kier alpha value is -3.38. The number of primary amides is 1. The number of aromatic nitrogens is 1. The Morgan fingerprint density at radius 2 is 1.93 bits per heavy atom. The maximum absolute atomic E-state index is 12.7. The van der Waals surface area contributed by atoms with Crippen molar-refractivity contribution >= 4 is 22.9 Å². The van der Waals surface area contributed by atoms with Gasteiger partial charge < -0.3 is 10.3 Å². The highest BCUT2D eigenvalue weighted by atomic mass is 16.5. The van der Waals surface area contributed by atoms with Crippen LogP contribution in [0.2, 0.25) is 0 Å². The minimum Gasteiger partial charge on any atom is -0.350 e. The predicted octanol–water partition coefficient (Wildman–Crippen LogP) is 3.42. The normalized spacial score (nSPS) is 11.2. The number of nitrogens with zero attached hydrogens (tertiary/aromatic N) is 2. The first-order valence-electron chi connectivity index (χ1n) is 9.14. The molecule has 144 valence electrons. The van der Waals surface area contributed by atoms with Crippen LogP contribution in [0, 0.1) is 0 Å². The van der Waals surface area contributed by atoms with Gasteiger partial charge in [0.25, 0.3) is 5.56 Å². The number of amides is 2. The second-order valence-corrected chi connectivity index (χ2v) is 6.57. The Kier molecular flexibility index (Phi) is 6.24. The molecule has 0 radical (unpaired) electrons. The number of benzene rings is 2. The van der Waals surface area contributed by atoms with E-state index in [0.717, 1.165) is 23.8 Å². The van der Waals surface area contributed by atoms with Crippen molar-refractivity contribution < 1.29 is 10.0 Å². The van der Waals surface area contributed by atoms with Crippen molar-refractivity contribution in [2.45, 2.75) is 19.4 Å². The molecule has 0 aliphatic rings. The van der Waals surface area contributed by atoms with Crippen LogP contribution in [0.3, 0.4) is 0 Å². The molecular weight excluding hydrogens is 354 g/mol. The third-order valence-corrected chi connectivity index (χ3v) is 4.55. The number of carbonyl (C=O) groups is 1. The van der Waals surface area contributed by atoms with Crippen LogP contribution < -0.4 is 11.3 Å². The molecule has 28 heavy (non-hydrogen) atoms. The summed E-state index contributed by atoms with van der Waals surface area (Å²) in [7, 11) is 0. The molecule has 2 aromatic carbocycles. The van der Waals surface area contributed by atoms with Crippen LogP contribution in [-0.4, -0.2) is 27.4 Å². The minimum atomic E-state index is -0.907. The monoisotopic (exact) mass is 377 g/mol. The maximum Gasteiger partial charge on any atom is 0.338 e. The Labute approximate surface area is 163 Å². The first-order valence-corrected chi connectivity index (χ1v) is 9.14. The number of rotatable bonds is 7. The summed E-state index contributed by atoms with van der Waals surface area (Å²) >= 11 is 0. The topological polar surface area (TPSA) is 88.6 Å². The van der Waals surface area contributed by atoms with Gasteiger partial charge in [0.2, 0.25) is 0 Å². The Morgan fingerprint density at radius 1 is 1.14 bits per heavy atom. The van der Waals surface area contributed by atoms with Crippen LogP contribution >= 0.6 is 0 Å². The largest absolute Gasteiger partial charge is 0.350 e. The van der Waals surface area contributed by atoms with E-state index in [1.165, 1.54) is 5.56 Å². The first kappa shape index (κ1) is 19.4. The van der Waals surface area contributed by atoms with Crippen LogP contribution in [0.5, 0.6) is 0 Å². The van der Waals surface area contributed by atoms with Crippen LogP contribution in [0.25, 0.3) is 16.8 Å². The zero-order valence-corrected chi connectivity index (χ0v) is 15.5. The van der Waals surface area contributed by atoms with Crippen LogP contribution in [0.1, 0.15) is 17.5 Å². The summed E-state index contributed by atoms with van der Waals surface area (Å²) in [4.78, 5) is 23.5. The number of hydrogen-bond acceptors (Lipinski definition) is 3.